The fourth-order valence-corrected chi connectivity index (χ4v) is 3.51. The normalized spacial score (nSPS) is 24.7. The van der Waals surface area contributed by atoms with E-state index in [2.05, 4.69) is 10.2 Å². The predicted molar refractivity (Wildman–Crippen MR) is 86.0 cm³/mol. The SMILES string of the molecule is O=C(NC1CN2CCC1C2)c1ccc(Oc2cc(C(F)(F)F)co2)cc1. The molecule has 2 aromatic rings. The van der Waals surface area contributed by atoms with Crippen LogP contribution in [-0.4, -0.2) is 36.5 Å². The standard InChI is InChI=1S/C18H17F3N2O3/c19-18(20,21)13-7-16(25-10-13)26-14-3-1-11(2-4-14)17(24)22-15-9-23-6-5-12(15)8-23/h1-4,7,10,12,15H,5-6,8-9H2,(H,22,24). The van der Waals surface area contributed by atoms with E-state index in [4.69, 9.17) is 9.15 Å². The molecule has 1 aromatic heterocycles. The zero-order valence-corrected chi connectivity index (χ0v) is 13.8. The van der Waals surface area contributed by atoms with Crippen molar-refractivity contribution < 1.29 is 27.1 Å². The van der Waals surface area contributed by atoms with Gasteiger partial charge in [-0.25, -0.2) is 0 Å². The van der Waals surface area contributed by atoms with Gasteiger partial charge in [0, 0.05) is 30.8 Å². The second-order valence-electron chi connectivity index (χ2n) is 6.67. The van der Waals surface area contributed by atoms with E-state index in [0.717, 1.165) is 32.1 Å². The van der Waals surface area contributed by atoms with Crippen LogP contribution in [0.1, 0.15) is 22.3 Å². The average molecular weight is 366 g/mol. The molecule has 3 heterocycles. The van der Waals surface area contributed by atoms with Gasteiger partial charge in [-0.15, -0.1) is 0 Å². The highest BCUT2D eigenvalue weighted by atomic mass is 19.4. The third kappa shape index (κ3) is 3.41. The second kappa shape index (κ2) is 6.35. The third-order valence-electron chi connectivity index (χ3n) is 4.89. The molecule has 3 atom stereocenters. The van der Waals surface area contributed by atoms with E-state index in [-0.39, 0.29) is 23.6 Å². The number of hydrogen-bond donors (Lipinski definition) is 1. The molecule has 4 rings (SSSR count). The van der Waals surface area contributed by atoms with Gasteiger partial charge in [-0.3, -0.25) is 4.79 Å². The van der Waals surface area contributed by atoms with Crippen LogP contribution in [0.3, 0.4) is 0 Å². The maximum atomic E-state index is 12.5. The summed E-state index contributed by atoms with van der Waals surface area (Å²) >= 11 is 0. The molecule has 8 heteroatoms. The van der Waals surface area contributed by atoms with Gasteiger partial charge >= 0.3 is 6.18 Å². The molecular weight excluding hydrogens is 349 g/mol. The van der Waals surface area contributed by atoms with Crippen LogP contribution in [-0.2, 0) is 6.18 Å². The molecule has 2 saturated heterocycles. The van der Waals surface area contributed by atoms with Gasteiger partial charge in [0.05, 0.1) is 5.56 Å². The van der Waals surface area contributed by atoms with Crippen molar-refractivity contribution in [2.45, 2.75) is 18.6 Å². The summed E-state index contributed by atoms with van der Waals surface area (Å²) in [5.74, 6) is 0.386. The first-order chi connectivity index (χ1) is 12.4. The van der Waals surface area contributed by atoms with Gasteiger partial charge in [-0.1, -0.05) is 0 Å². The van der Waals surface area contributed by atoms with Gasteiger partial charge in [-0.2, -0.15) is 13.2 Å². The lowest BCUT2D eigenvalue weighted by Crippen LogP contribution is -2.43. The smallest absolute Gasteiger partial charge is 0.419 e. The van der Waals surface area contributed by atoms with E-state index in [1.165, 1.54) is 12.1 Å². The first kappa shape index (κ1) is 17.0. The van der Waals surface area contributed by atoms with E-state index in [1.807, 2.05) is 0 Å². The molecule has 3 unspecified atom stereocenters. The zero-order chi connectivity index (χ0) is 18.3. The molecule has 138 valence electrons. The number of rotatable bonds is 4. The molecule has 0 saturated carbocycles. The Balaban J connectivity index is 1.37. The molecular formula is C18H17F3N2O3. The minimum absolute atomic E-state index is 0.160. The Kier molecular flexibility index (Phi) is 4.14. The number of furan rings is 1. The Labute approximate surface area is 147 Å². The molecule has 0 radical (unpaired) electrons. The Morgan fingerprint density at radius 2 is 2.00 bits per heavy atom. The van der Waals surface area contributed by atoms with Crippen LogP contribution < -0.4 is 10.1 Å². The summed E-state index contributed by atoms with van der Waals surface area (Å²) in [6.07, 6.45) is -2.77. The number of ether oxygens (including phenoxy) is 1. The summed E-state index contributed by atoms with van der Waals surface area (Å²) < 4.78 is 47.6. The Bertz CT molecular complexity index is 801. The summed E-state index contributed by atoms with van der Waals surface area (Å²) in [4.78, 5) is 14.7. The third-order valence-corrected chi connectivity index (χ3v) is 4.89. The Hall–Kier alpha value is -2.48. The minimum atomic E-state index is -4.48. The van der Waals surface area contributed by atoms with E-state index < -0.39 is 11.7 Å². The summed E-state index contributed by atoms with van der Waals surface area (Å²) in [7, 11) is 0. The maximum Gasteiger partial charge on any atom is 0.419 e. The number of halogens is 3. The van der Waals surface area contributed by atoms with Gasteiger partial charge in [-0.05, 0) is 43.1 Å². The quantitative estimate of drug-likeness (QED) is 0.900. The molecule has 1 N–H and O–H groups in total. The second-order valence-corrected chi connectivity index (χ2v) is 6.67. The number of hydrogen-bond acceptors (Lipinski definition) is 4. The lowest BCUT2D eigenvalue weighted by atomic mass is 9.99. The molecule has 26 heavy (non-hydrogen) atoms. The molecule has 2 fully saturated rings. The van der Waals surface area contributed by atoms with E-state index >= 15 is 0 Å². The van der Waals surface area contributed by atoms with Gasteiger partial charge in [0.15, 0.2) is 0 Å². The van der Waals surface area contributed by atoms with E-state index in [0.29, 0.717) is 17.7 Å². The van der Waals surface area contributed by atoms with Crippen LogP contribution in [0.4, 0.5) is 13.2 Å². The van der Waals surface area contributed by atoms with Crippen LogP contribution in [0.5, 0.6) is 11.7 Å². The van der Waals surface area contributed by atoms with Crippen molar-refractivity contribution in [2.75, 3.05) is 19.6 Å². The fourth-order valence-electron chi connectivity index (χ4n) is 3.51. The lowest BCUT2D eigenvalue weighted by molar-refractivity contribution is -0.137. The number of carbonyl (C=O) groups excluding carboxylic acids is 1. The van der Waals surface area contributed by atoms with Crippen LogP contribution in [0.2, 0.25) is 0 Å². The highest BCUT2D eigenvalue weighted by Crippen LogP contribution is 2.34. The van der Waals surface area contributed by atoms with Gasteiger partial charge < -0.3 is 19.4 Å². The zero-order valence-electron chi connectivity index (χ0n) is 13.8. The van der Waals surface area contributed by atoms with Crippen LogP contribution >= 0.6 is 0 Å². The molecule has 1 amide bonds. The highest BCUT2D eigenvalue weighted by Gasteiger charge is 2.38. The summed E-state index contributed by atoms with van der Waals surface area (Å²) in [5.41, 5.74) is -0.435. The number of amides is 1. The van der Waals surface area contributed by atoms with Gasteiger partial charge in [0.1, 0.15) is 12.0 Å². The van der Waals surface area contributed by atoms with Crippen LogP contribution in [0, 0.1) is 5.92 Å². The Morgan fingerprint density at radius 3 is 2.58 bits per heavy atom. The molecule has 5 nitrogen and oxygen atoms in total. The van der Waals surface area contributed by atoms with Crippen LogP contribution in [0.15, 0.2) is 41.0 Å². The highest BCUT2D eigenvalue weighted by molar-refractivity contribution is 5.94. The number of carbonyl (C=O) groups is 1. The largest absolute Gasteiger partial charge is 0.433 e. The van der Waals surface area contributed by atoms with Crippen molar-refractivity contribution >= 4 is 5.91 Å². The first-order valence-electron chi connectivity index (χ1n) is 8.35. The summed E-state index contributed by atoms with van der Waals surface area (Å²) in [6, 6.07) is 7.16. The number of fused-ring (bicyclic) bond motifs is 2. The molecule has 2 bridgehead atoms. The molecule has 0 spiro atoms. The van der Waals surface area contributed by atoms with Crippen molar-refractivity contribution in [3.05, 3.63) is 47.7 Å². The van der Waals surface area contributed by atoms with Crippen molar-refractivity contribution in [3.63, 3.8) is 0 Å². The van der Waals surface area contributed by atoms with Crippen molar-refractivity contribution in [2.24, 2.45) is 5.92 Å². The van der Waals surface area contributed by atoms with Crippen LogP contribution in [0.25, 0.3) is 0 Å². The van der Waals surface area contributed by atoms with Crippen molar-refractivity contribution in [1.82, 2.24) is 10.2 Å². The van der Waals surface area contributed by atoms with Crippen molar-refractivity contribution in [1.29, 1.82) is 0 Å². The monoisotopic (exact) mass is 366 g/mol. The predicted octanol–water partition coefficient (Wildman–Crippen LogP) is 3.52. The summed E-state index contributed by atoms with van der Waals surface area (Å²) in [6.45, 7) is 3.03. The van der Waals surface area contributed by atoms with E-state index in [9.17, 15) is 18.0 Å². The molecule has 1 aromatic carbocycles. The number of nitrogens with one attached hydrogen (secondary N) is 1. The number of benzene rings is 1. The van der Waals surface area contributed by atoms with Gasteiger partial charge in [0.25, 0.3) is 11.9 Å². The number of piperidine rings is 1. The van der Waals surface area contributed by atoms with Gasteiger partial charge in [0.2, 0.25) is 0 Å². The average Bonchev–Trinajstić information content (AvgIpc) is 3.31. The summed E-state index contributed by atoms with van der Waals surface area (Å²) in [5, 5.41) is 3.05. The number of nitrogens with zero attached hydrogens (tertiary/aromatic N) is 1. The van der Waals surface area contributed by atoms with E-state index in [1.54, 1.807) is 12.1 Å². The minimum Gasteiger partial charge on any atom is -0.433 e. The molecule has 0 aliphatic carbocycles. The van der Waals surface area contributed by atoms with Crippen molar-refractivity contribution in [3.8, 4) is 11.7 Å². The molecule has 2 aliphatic rings. The Morgan fingerprint density at radius 1 is 1.23 bits per heavy atom. The maximum absolute atomic E-state index is 12.5. The fraction of sp³-hybridized carbons (Fsp3) is 0.389. The topological polar surface area (TPSA) is 54.7 Å². The number of alkyl halides is 3. The lowest BCUT2D eigenvalue weighted by Gasteiger charge is -2.23. The molecule has 2 aliphatic heterocycles. The first-order valence-corrected chi connectivity index (χ1v) is 8.35.